The molecule has 1 heterocycles. The molecule has 0 spiro atoms. The summed E-state index contributed by atoms with van der Waals surface area (Å²) in [5.41, 5.74) is 1.53. The number of nitrogens with one attached hydrogen (secondary N) is 1. The Morgan fingerprint density at radius 2 is 1.66 bits per heavy atom. The van der Waals surface area contributed by atoms with Crippen LogP contribution < -0.4 is 10.2 Å². The van der Waals surface area contributed by atoms with Crippen LogP contribution in [-0.2, 0) is 16.4 Å². The zero-order valence-corrected chi connectivity index (χ0v) is 22.9. The van der Waals surface area contributed by atoms with Crippen LogP contribution in [0.4, 0.5) is 5.69 Å². The van der Waals surface area contributed by atoms with Gasteiger partial charge in [-0.3, -0.25) is 9.59 Å². The first-order valence-corrected chi connectivity index (χ1v) is 15.7. The van der Waals surface area contributed by atoms with Gasteiger partial charge < -0.3 is 10.2 Å². The molecule has 0 bridgehead atoms. The summed E-state index contributed by atoms with van der Waals surface area (Å²) in [5, 5.41) is 3.71. The maximum absolute atomic E-state index is 13.7. The number of thioether (sulfide) groups is 1. The Labute approximate surface area is 228 Å². The summed E-state index contributed by atoms with van der Waals surface area (Å²) in [7, 11) is -3.97. The number of carbonyl (C=O) groups excluding carboxylic acids is 2. The van der Waals surface area contributed by atoms with Crippen molar-refractivity contribution in [3.8, 4) is 0 Å². The van der Waals surface area contributed by atoms with E-state index in [0.29, 0.717) is 12.1 Å². The monoisotopic (exact) mass is 548 g/mol. The summed E-state index contributed by atoms with van der Waals surface area (Å²) >= 11 is 2.00. The Balaban J connectivity index is 1.39. The lowest BCUT2D eigenvalue weighted by Crippen LogP contribution is -2.31. The number of nitrogens with zero attached hydrogens (tertiary/aromatic N) is 1. The van der Waals surface area contributed by atoms with Gasteiger partial charge in [0.1, 0.15) is 0 Å². The summed E-state index contributed by atoms with van der Waals surface area (Å²) in [4.78, 5) is 28.2. The van der Waals surface area contributed by atoms with E-state index in [9.17, 15) is 18.0 Å². The fourth-order valence-corrected chi connectivity index (χ4v) is 8.07. The quantitative estimate of drug-likeness (QED) is 0.356. The minimum atomic E-state index is -3.97. The second-order valence-corrected chi connectivity index (χ2v) is 13.1. The summed E-state index contributed by atoms with van der Waals surface area (Å²) in [5.74, 6) is 0.316. The van der Waals surface area contributed by atoms with Crippen molar-refractivity contribution in [2.24, 2.45) is 0 Å². The van der Waals surface area contributed by atoms with Gasteiger partial charge in [-0.25, -0.2) is 8.42 Å². The first-order valence-electron chi connectivity index (χ1n) is 13.2. The Bertz CT molecular complexity index is 1420. The van der Waals surface area contributed by atoms with Crippen LogP contribution in [0.3, 0.4) is 0 Å². The molecule has 1 N–H and O–H groups in total. The number of benzene rings is 3. The van der Waals surface area contributed by atoms with E-state index >= 15 is 0 Å². The van der Waals surface area contributed by atoms with Crippen molar-refractivity contribution in [3.63, 3.8) is 0 Å². The molecule has 0 saturated heterocycles. The molecule has 5 rings (SSSR count). The lowest BCUT2D eigenvalue weighted by Gasteiger charge is -2.23. The SMILES string of the molecule is O=C(NCCCSC1CCCCC1)c1ccc2c(c1)N(Cc1ccccc1)C(=O)c1ccccc1S2(=O)=O. The molecule has 1 saturated carbocycles. The lowest BCUT2D eigenvalue weighted by atomic mass is 10.0. The van der Waals surface area contributed by atoms with Crippen LogP contribution in [0.2, 0.25) is 0 Å². The van der Waals surface area contributed by atoms with Gasteiger partial charge in [-0.15, -0.1) is 0 Å². The molecule has 0 aromatic heterocycles. The van der Waals surface area contributed by atoms with Crippen molar-refractivity contribution in [1.29, 1.82) is 0 Å². The third kappa shape index (κ3) is 5.66. The molecule has 8 heteroatoms. The maximum Gasteiger partial charge on any atom is 0.259 e. The molecular weight excluding hydrogens is 516 g/mol. The Morgan fingerprint density at radius 3 is 2.45 bits per heavy atom. The summed E-state index contributed by atoms with van der Waals surface area (Å²) in [6.07, 6.45) is 7.43. The fourth-order valence-electron chi connectivity index (χ4n) is 5.13. The van der Waals surface area contributed by atoms with Crippen molar-refractivity contribution in [2.45, 2.75) is 60.1 Å². The van der Waals surface area contributed by atoms with E-state index in [0.717, 1.165) is 23.0 Å². The highest BCUT2D eigenvalue weighted by Gasteiger charge is 2.36. The maximum atomic E-state index is 13.7. The van der Waals surface area contributed by atoms with E-state index in [1.807, 2.05) is 42.1 Å². The zero-order valence-electron chi connectivity index (χ0n) is 21.3. The molecule has 0 radical (unpaired) electrons. The molecule has 0 unspecified atom stereocenters. The number of rotatable bonds is 8. The van der Waals surface area contributed by atoms with Crippen molar-refractivity contribution in [2.75, 3.05) is 17.2 Å². The number of carbonyl (C=O) groups is 2. The molecule has 6 nitrogen and oxygen atoms in total. The van der Waals surface area contributed by atoms with Gasteiger partial charge in [0.2, 0.25) is 9.84 Å². The summed E-state index contributed by atoms with van der Waals surface area (Å²) < 4.78 is 27.3. The minimum Gasteiger partial charge on any atom is -0.352 e. The number of hydrogen-bond acceptors (Lipinski definition) is 5. The van der Waals surface area contributed by atoms with Gasteiger partial charge in [0.25, 0.3) is 11.8 Å². The summed E-state index contributed by atoms with van der Waals surface area (Å²) in [6, 6.07) is 20.2. The van der Waals surface area contributed by atoms with E-state index in [4.69, 9.17) is 0 Å². The predicted octanol–water partition coefficient (Wildman–Crippen LogP) is 5.87. The molecule has 1 aliphatic carbocycles. The second-order valence-electron chi connectivity index (χ2n) is 9.80. The van der Waals surface area contributed by atoms with Crippen molar-refractivity contribution < 1.29 is 18.0 Å². The third-order valence-electron chi connectivity index (χ3n) is 7.15. The van der Waals surface area contributed by atoms with E-state index < -0.39 is 15.7 Å². The Morgan fingerprint density at radius 1 is 0.921 bits per heavy atom. The second kappa shape index (κ2) is 11.7. The van der Waals surface area contributed by atoms with Crippen LogP contribution in [0.5, 0.6) is 0 Å². The topological polar surface area (TPSA) is 83.6 Å². The highest BCUT2D eigenvalue weighted by atomic mass is 32.2. The first kappa shape index (κ1) is 26.5. The fraction of sp³-hybridized carbons (Fsp3) is 0.333. The van der Waals surface area contributed by atoms with Crippen LogP contribution in [0.15, 0.2) is 82.6 Å². The highest BCUT2D eigenvalue weighted by molar-refractivity contribution is 7.99. The number of fused-ring (bicyclic) bond motifs is 2. The van der Waals surface area contributed by atoms with Gasteiger partial charge >= 0.3 is 0 Å². The van der Waals surface area contributed by atoms with Crippen LogP contribution in [0.25, 0.3) is 0 Å². The summed E-state index contributed by atoms with van der Waals surface area (Å²) in [6.45, 7) is 0.728. The van der Waals surface area contributed by atoms with Crippen LogP contribution in [0, 0.1) is 0 Å². The van der Waals surface area contributed by atoms with Crippen LogP contribution >= 0.6 is 11.8 Å². The number of anilines is 1. The Hall–Kier alpha value is -3.10. The first-order chi connectivity index (χ1) is 18.4. The number of hydrogen-bond donors (Lipinski definition) is 1. The van der Waals surface area contributed by atoms with Gasteiger partial charge in [-0.05, 0) is 60.9 Å². The third-order valence-corrected chi connectivity index (χ3v) is 10.5. The van der Waals surface area contributed by atoms with E-state index in [2.05, 4.69) is 5.32 Å². The standard InChI is InChI=1S/C30H32N2O4S2/c33-29(31-18-9-19-37-24-12-5-2-6-13-24)23-16-17-28-26(20-23)32(21-22-10-3-1-4-11-22)30(34)25-14-7-8-15-27(25)38(28,35)36/h1,3-4,7-8,10-11,14-17,20,24H,2,5-6,9,12-13,18-19,21H2,(H,31,33). The average molecular weight is 549 g/mol. The number of sulfone groups is 1. The van der Waals surface area contributed by atoms with Crippen molar-refractivity contribution >= 4 is 39.1 Å². The van der Waals surface area contributed by atoms with Crippen molar-refractivity contribution in [3.05, 3.63) is 89.5 Å². The molecule has 3 aromatic rings. The molecule has 2 amide bonds. The predicted molar refractivity (Wildman–Crippen MR) is 152 cm³/mol. The zero-order chi connectivity index (χ0) is 26.5. The van der Waals surface area contributed by atoms with Gasteiger partial charge in [0.05, 0.1) is 27.6 Å². The molecule has 1 fully saturated rings. The number of amides is 2. The van der Waals surface area contributed by atoms with Crippen LogP contribution in [-0.4, -0.2) is 37.8 Å². The van der Waals surface area contributed by atoms with Gasteiger partial charge in [0.15, 0.2) is 0 Å². The molecule has 3 aromatic carbocycles. The smallest absolute Gasteiger partial charge is 0.259 e. The molecular formula is C30H32N2O4S2. The minimum absolute atomic E-state index is 0.0190. The average Bonchev–Trinajstić information content (AvgIpc) is 3.02. The van der Waals surface area contributed by atoms with Crippen LogP contribution in [0.1, 0.15) is 64.8 Å². The largest absolute Gasteiger partial charge is 0.352 e. The van der Waals surface area contributed by atoms with Gasteiger partial charge in [-0.2, -0.15) is 11.8 Å². The molecule has 1 aliphatic heterocycles. The van der Waals surface area contributed by atoms with E-state index in [1.165, 1.54) is 67.3 Å². The normalized spacial score (nSPS) is 16.8. The van der Waals surface area contributed by atoms with Gasteiger partial charge in [0, 0.05) is 17.4 Å². The highest BCUT2D eigenvalue weighted by Crippen LogP contribution is 2.38. The van der Waals surface area contributed by atoms with Crippen molar-refractivity contribution in [1.82, 2.24) is 5.32 Å². The Kier molecular flexibility index (Phi) is 8.19. The molecule has 198 valence electrons. The molecule has 0 atom stereocenters. The molecule has 2 aliphatic rings. The molecule has 38 heavy (non-hydrogen) atoms. The van der Waals surface area contributed by atoms with Gasteiger partial charge in [-0.1, -0.05) is 61.7 Å². The lowest BCUT2D eigenvalue weighted by molar-refractivity contribution is 0.0950. The van der Waals surface area contributed by atoms with E-state index in [-0.39, 0.29) is 33.5 Å². The van der Waals surface area contributed by atoms with E-state index in [1.54, 1.807) is 12.1 Å².